The molecule has 0 aliphatic heterocycles. The molecule has 2 nitrogen and oxygen atoms in total. The van der Waals surface area contributed by atoms with Gasteiger partial charge in [0.15, 0.2) is 0 Å². The van der Waals surface area contributed by atoms with Crippen molar-refractivity contribution < 1.29 is 5.21 Å². The molecule has 0 radical (unpaired) electrons. The van der Waals surface area contributed by atoms with Gasteiger partial charge in [-0.3, -0.25) is 0 Å². The minimum absolute atomic E-state index is 0.499. The Bertz CT molecular complexity index is 612. The quantitative estimate of drug-likeness (QED) is 0.368. The van der Waals surface area contributed by atoms with Gasteiger partial charge in [0.2, 0.25) is 0 Å². The lowest BCUT2D eigenvalue weighted by Crippen LogP contribution is -2.53. The molecule has 4 aliphatic carbocycles. The highest BCUT2D eigenvalue weighted by Gasteiger charge is 2.60. The molecule has 166 valence electrons. The minimum atomic E-state index is 0.499. The number of oxime groups is 1. The molecule has 4 rings (SSSR count). The van der Waals surface area contributed by atoms with E-state index in [0.29, 0.717) is 10.8 Å². The highest BCUT2D eigenvalue weighted by Crippen LogP contribution is 2.68. The Kier molecular flexibility index (Phi) is 6.13. The topological polar surface area (TPSA) is 32.6 Å². The van der Waals surface area contributed by atoms with E-state index in [1.54, 1.807) is 0 Å². The second kappa shape index (κ2) is 8.19. The molecular formula is C27H47NO. The van der Waals surface area contributed by atoms with Crippen LogP contribution in [0.2, 0.25) is 0 Å². The van der Waals surface area contributed by atoms with E-state index in [4.69, 9.17) is 0 Å². The first kappa shape index (κ1) is 21.7. The van der Waals surface area contributed by atoms with Gasteiger partial charge in [0, 0.05) is 0 Å². The second-order valence-electron chi connectivity index (χ2n) is 12.6. The average Bonchev–Trinajstić information content (AvgIpc) is 3.04. The van der Waals surface area contributed by atoms with Gasteiger partial charge >= 0.3 is 0 Å². The van der Waals surface area contributed by atoms with E-state index >= 15 is 0 Å². The summed E-state index contributed by atoms with van der Waals surface area (Å²) in [6, 6.07) is 0. The van der Waals surface area contributed by atoms with Gasteiger partial charge in [-0.2, -0.15) is 0 Å². The standard InChI is InChI=1S/C27H47NO/c1-18(2)7-6-8-19(3)23-11-12-24-22-10-9-20-17-21(28-29)13-15-26(20,4)25(22)14-16-27(23,24)5/h18-20,22-25,29H,6-17H2,1-5H3/b28-21-/t19-,20-,22-,23-,24+,25-,26-,27-/m0/s1. The van der Waals surface area contributed by atoms with Crippen molar-refractivity contribution in [3.8, 4) is 0 Å². The van der Waals surface area contributed by atoms with E-state index in [0.717, 1.165) is 60.0 Å². The molecule has 0 unspecified atom stereocenters. The lowest BCUT2D eigenvalue weighted by Gasteiger charge is -2.60. The lowest BCUT2D eigenvalue weighted by molar-refractivity contribution is -0.105. The van der Waals surface area contributed by atoms with Crippen LogP contribution in [0.4, 0.5) is 0 Å². The van der Waals surface area contributed by atoms with E-state index in [9.17, 15) is 5.21 Å². The van der Waals surface area contributed by atoms with Crippen LogP contribution in [-0.4, -0.2) is 10.9 Å². The summed E-state index contributed by atoms with van der Waals surface area (Å²) in [5.41, 5.74) is 2.18. The molecule has 0 saturated heterocycles. The zero-order chi connectivity index (χ0) is 20.8. The molecule has 4 saturated carbocycles. The molecule has 4 aliphatic rings. The Morgan fingerprint density at radius 3 is 2.41 bits per heavy atom. The Morgan fingerprint density at radius 2 is 1.69 bits per heavy atom. The predicted octanol–water partition coefficient (Wildman–Crippen LogP) is 7.94. The molecule has 0 heterocycles. The van der Waals surface area contributed by atoms with E-state index in [-0.39, 0.29) is 0 Å². The molecule has 4 fully saturated rings. The summed E-state index contributed by atoms with van der Waals surface area (Å²) in [6.07, 6.45) is 16.4. The fourth-order valence-electron chi connectivity index (χ4n) is 9.18. The Hall–Kier alpha value is -0.530. The fourth-order valence-corrected chi connectivity index (χ4v) is 9.18. The van der Waals surface area contributed by atoms with Gasteiger partial charge in [0.1, 0.15) is 0 Å². The van der Waals surface area contributed by atoms with E-state index < -0.39 is 0 Å². The van der Waals surface area contributed by atoms with Crippen LogP contribution >= 0.6 is 0 Å². The summed E-state index contributed by atoms with van der Waals surface area (Å²) in [6.45, 7) is 12.6. The lowest BCUT2D eigenvalue weighted by atomic mass is 9.44. The van der Waals surface area contributed by atoms with Crippen LogP contribution in [-0.2, 0) is 0 Å². The molecular weight excluding hydrogens is 354 g/mol. The molecule has 0 spiro atoms. The van der Waals surface area contributed by atoms with Gasteiger partial charge in [-0.25, -0.2) is 0 Å². The average molecular weight is 402 g/mol. The monoisotopic (exact) mass is 401 g/mol. The third kappa shape index (κ3) is 3.69. The maximum Gasteiger partial charge on any atom is 0.0574 e. The first-order valence-corrected chi connectivity index (χ1v) is 13.0. The number of nitrogens with zero attached hydrogens (tertiary/aromatic N) is 1. The number of hydrogen-bond donors (Lipinski definition) is 1. The summed E-state index contributed by atoms with van der Waals surface area (Å²) in [4.78, 5) is 0. The molecule has 2 heteroatoms. The number of hydrogen-bond acceptors (Lipinski definition) is 2. The summed E-state index contributed by atoms with van der Waals surface area (Å²) < 4.78 is 0. The van der Waals surface area contributed by atoms with Crippen LogP contribution in [0.15, 0.2) is 5.16 Å². The van der Waals surface area contributed by atoms with Crippen molar-refractivity contribution in [2.75, 3.05) is 0 Å². The maximum absolute atomic E-state index is 9.32. The van der Waals surface area contributed by atoms with E-state index in [1.807, 2.05) is 0 Å². The Morgan fingerprint density at radius 1 is 0.931 bits per heavy atom. The van der Waals surface area contributed by atoms with Crippen LogP contribution in [0, 0.1) is 52.3 Å². The highest BCUT2D eigenvalue weighted by molar-refractivity contribution is 5.85. The number of fused-ring (bicyclic) bond motifs is 5. The molecule has 8 atom stereocenters. The molecule has 0 aromatic rings. The van der Waals surface area contributed by atoms with Crippen LogP contribution in [0.1, 0.15) is 112 Å². The largest absolute Gasteiger partial charge is 0.411 e. The fraction of sp³-hybridized carbons (Fsp3) is 0.963. The molecule has 0 aromatic heterocycles. The Labute approximate surface area is 180 Å². The van der Waals surface area contributed by atoms with Gasteiger partial charge in [-0.1, -0.05) is 59.0 Å². The third-order valence-electron chi connectivity index (χ3n) is 10.8. The first-order valence-electron chi connectivity index (χ1n) is 13.0. The van der Waals surface area contributed by atoms with Crippen molar-refractivity contribution in [2.45, 2.75) is 112 Å². The predicted molar refractivity (Wildman–Crippen MR) is 122 cm³/mol. The normalized spacial score (nSPS) is 47.0. The van der Waals surface area contributed by atoms with Crippen molar-refractivity contribution in [1.82, 2.24) is 0 Å². The summed E-state index contributed by atoms with van der Waals surface area (Å²) >= 11 is 0. The summed E-state index contributed by atoms with van der Waals surface area (Å²) in [5, 5.41) is 12.9. The van der Waals surface area contributed by atoms with Gasteiger partial charge < -0.3 is 5.21 Å². The van der Waals surface area contributed by atoms with Crippen molar-refractivity contribution >= 4 is 5.71 Å². The zero-order valence-corrected chi connectivity index (χ0v) is 19.9. The first-order chi connectivity index (χ1) is 13.8. The van der Waals surface area contributed by atoms with Gasteiger partial charge in [-0.05, 0) is 110 Å². The molecule has 29 heavy (non-hydrogen) atoms. The molecule has 0 bridgehead atoms. The minimum Gasteiger partial charge on any atom is -0.411 e. The molecule has 0 aromatic carbocycles. The summed E-state index contributed by atoms with van der Waals surface area (Å²) in [7, 11) is 0. The highest BCUT2D eigenvalue weighted by atomic mass is 16.4. The van der Waals surface area contributed by atoms with Crippen molar-refractivity contribution in [3.05, 3.63) is 0 Å². The van der Waals surface area contributed by atoms with Crippen LogP contribution in [0.5, 0.6) is 0 Å². The van der Waals surface area contributed by atoms with E-state index in [2.05, 4.69) is 39.8 Å². The Balaban J connectivity index is 1.46. The van der Waals surface area contributed by atoms with Crippen LogP contribution in [0.25, 0.3) is 0 Å². The van der Waals surface area contributed by atoms with E-state index in [1.165, 1.54) is 64.2 Å². The smallest absolute Gasteiger partial charge is 0.0574 e. The van der Waals surface area contributed by atoms with Crippen molar-refractivity contribution in [3.63, 3.8) is 0 Å². The second-order valence-corrected chi connectivity index (χ2v) is 12.6. The van der Waals surface area contributed by atoms with Crippen LogP contribution in [0.3, 0.4) is 0 Å². The third-order valence-corrected chi connectivity index (χ3v) is 10.8. The molecule has 0 amide bonds. The summed E-state index contributed by atoms with van der Waals surface area (Å²) in [5.74, 6) is 6.36. The van der Waals surface area contributed by atoms with Gasteiger partial charge in [-0.15, -0.1) is 0 Å². The van der Waals surface area contributed by atoms with Gasteiger partial charge in [0.25, 0.3) is 0 Å². The van der Waals surface area contributed by atoms with Crippen molar-refractivity contribution in [2.24, 2.45) is 57.4 Å². The van der Waals surface area contributed by atoms with Gasteiger partial charge in [0.05, 0.1) is 5.71 Å². The van der Waals surface area contributed by atoms with Crippen LogP contribution < -0.4 is 0 Å². The SMILES string of the molecule is CC(C)CCC[C@H](C)[C@@H]1CC[C@@H]2[C@@H]3CC[C@H]4C/C(=N\O)CC[C@]4(C)[C@H]3CC[C@]21C. The van der Waals surface area contributed by atoms with Crippen molar-refractivity contribution in [1.29, 1.82) is 0 Å². The molecule has 1 N–H and O–H groups in total. The zero-order valence-electron chi connectivity index (χ0n) is 19.9. The maximum atomic E-state index is 9.32. The number of rotatable bonds is 5.